The number of fused-ring (bicyclic) bond motifs is 1. The lowest BCUT2D eigenvalue weighted by molar-refractivity contribution is 0.0985. The third kappa shape index (κ3) is 2.38. The van der Waals surface area contributed by atoms with Crippen molar-refractivity contribution in [2.75, 3.05) is 17.2 Å². The van der Waals surface area contributed by atoms with Gasteiger partial charge in [-0.15, -0.1) is 0 Å². The van der Waals surface area contributed by atoms with Crippen molar-refractivity contribution in [3.63, 3.8) is 0 Å². The number of anilines is 2. The largest absolute Gasteiger partial charge is 0.398 e. The Morgan fingerprint density at radius 3 is 2.81 bits per heavy atom. The first-order chi connectivity index (χ1) is 10.1. The minimum Gasteiger partial charge on any atom is -0.398 e. The van der Waals surface area contributed by atoms with Crippen molar-refractivity contribution in [2.24, 2.45) is 0 Å². The van der Waals surface area contributed by atoms with Gasteiger partial charge in [0.25, 0.3) is 5.91 Å². The van der Waals surface area contributed by atoms with Gasteiger partial charge >= 0.3 is 0 Å². The first-order valence-electron chi connectivity index (χ1n) is 7.04. The molecule has 0 spiro atoms. The Bertz CT molecular complexity index is 712. The Kier molecular flexibility index (Phi) is 3.60. The quantitative estimate of drug-likeness (QED) is 0.814. The van der Waals surface area contributed by atoms with Crippen molar-refractivity contribution in [3.05, 3.63) is 58.1 Å². The number of aryl methyl sites for hydroxylation is 2. The van der Waals surface area contributed by atoms with Gasteiger partial charge in [-0.05, 0) is 43.0 Å². The smallest absolute Gasteiger partial charge is 0.259 e. The molecule has 1 aliphatic heterocycles. The standard InChI is InChI=1S/C17H17ClN2O/c1-11-5-2-6-12-7-4-10-20(16(11)12)17(21)13-8-3-9-14(19)15(13)18/h2-3,5-6,8-9H,4,7,10,19H2,1H3. The maximum atomic E-state index is 12.9. The lowest BCUT2D eigenvalue weighted by atomic mass is 9.97. The molecule has 2 aromatic rings. The van der Waals surface area contributed by atoms with E-state index in [1.807, 2.05) is 24.0 Å². The van der Waals surface area contributed by atoms with E-state index in [0.717, 1.165) is 24.1 Å². The summed E-state index contributed by atoms with van der Waals surface area (Å²) in [6.45, 7) is 2.74. The maximum Gasteiger partial charge on any atom is 0.259 e. The molecule has 21 heavy (non-hydrogen) atoms. The second-order valence-electron chi connectivity index (χ2n) is 5.35. The minimum atomic E-state index is -0.0810. The predicted molar refractivity (Wildman–Crippen MR) is 87.0 cm³/mol. The van der Waals surface area contributed by atoms with Crippen molar-refractivity contribution in [2.45, 2.75) is 19.8 Å². The number of rotatable bonds is 1. The number of hydrogen-bond donors (Lipinski definition) is 1. The molecule has 0 bridgehead atoms. The van der Waals surface area contributed by atoms with Gasteiger partial charge in [-0.3, -0.25) is 4.79 Å². The summed E-state index contributed by atoms with van der Waals surface area (Å²) in [4.78, 5) is 14.7. The van der Waals surface area contributed by atoms with Crippen molar-refractivity contribution in [3.8, 4) is 0 Å². The van der Waals surface area contributed by atoms with Gasteiger partial charge in [0.1, 0.15) is 0 Å². The zero-order valence-corrected chi connectivity index (χ0v) is 12.7. The van der Waals surface area contributed by atoms with Crippen LogP contribution < -0.4 is 10.6 Å². The summed E-state index contributed by atoms with van der Waals surface area (Å²) < 4.78 is 0. The molecule has 0 fully saturated rings. The lowest BCUT2D eigenvalue weighted by Gasteiger charge is -2.31. The van der Waals surface area contributed by atoms with Crippen LogP contribution in [0.3, 0.4) is 0 Å². The number of para-hydroxylation sites is 1. The summed E-state index contributed by atoms with van der Waals surface area (Å²) >= 11 is 6.20. The molecule has 0 saturated carbocycles. The maximum absolute atomic E-state index is 12.9. The van der Waals surface area contributed by atoms with Gasteiger partial charge in [0, 0.05) is 6.54 Å². The summed E-state index contributed by atoms with van der Waals surface area (Å²) in [6, 6.07) is 11.4. The van der Waals surface area contributed by atoms with Crippen molar-refractivity contribution >= 4 is 28.9 Å². The first kappa shape index (κ1) is 14.0. The van der Waals surface area contributed by atoms with Gasteiger partial charge in [-0.1, -0.05) is 35.9 Å². The summed E-state index contributed by atoms with van der Waals surface area (Å²) in [7, 11) is 0. The Morgan fingerprint density at radius 2 is 2.00 bits per heavy atom. The SMILES string of the molecule is Cc1cccc2c1N(C(=O)c1cccc(N)c1Cl)CCC2. The molecule has 2 aromatic carbocycles. The van der Waals surface area contributed by atoms with Crippen LogP contribution in [0.15, 0.2) is 36.4 Å². The van der Waals surface area contributed by atoms with Crippen molar-refractivity contribution in [1.29, 1.82) is 0 Å². The second-order valence-corrected chi connectivity index (χ2v) is 5.73. The number of benzene rings is 2. The summed E-state index contributed by atoms with van der Waals surface area (Å²) in [5, 5.41) is 0.336. The fourth-order valence-electron chi connectivity index (χ4n) is 2.91. The number of nitrogens with two attached hydrogens (primary N) is 1. The van der Waals surface area contributed by atoms with Crippen molar-refractivity contribution < 1.29 is 4.79 Å². The van der Waals surface area contributed by atoms with Crippen LogP contribution in [0.4, 0.5) is 11.4 Å². The molecule has 0 saturated heterocycles. The third-order valence-corrected chi connectivity index (χ3v) is 4.35. The molecule has 1 amide bonds. The average molecular weight is 301 g/mol. The predicted octanol–water partition coefficient (Wildman–Crippen LogP) is 3.82. The molecule has 0 radical (unpaired) electrons. The number of carbonyl (C=O) groups excluding carboxylic acids is 1. The first-order valence-corrected chi connectivity index (χ1v) is 7.41. The summed E-state index contributed by atoms with van der Waals surface area (Å²) in [6.07, 6.45) is 1.97. The van der Waals surface area contributed by atoms with Gasteiger partial charge < -0.3 is 10.6 Å². The fourth-order valence-corrected chi connectivity index (χ4v) is 3.12. The van der Waals surface area contributed by atoms with Crippen LogP contribution in [0.5, 0.6) is 0 Å². The number of nitrogen functional groups attached to an aromatic ring is 1. The Balaban J connectivity index is 2.07. The van der Waals surface area contributed by atoms with Gasteiger partial charge in [-0.25, -0.2) is 0 Å². The zero-order chi connectivity index (χ0) is 15.0. The Labute approximate surface area is 129 Å². The van der Waals surface area contributed by atoms with Crippen LogP contribution in [-0.4, -0.2) is 12.5 Å². The van der Waals surface area contributed by atoms with Crippen LogP contribution in [-0.2, 0) is 6.42 Å². The van der Waals surface area contributed by atoms with Gasteiger partial charge in [0.05, 0.1) is 22.0 Å². The minimum absolute atomic E-state index is 0.0810. The molecule has 0 atom stereocenters. The molecular weight excluding hydrogens is 284 g/mol. The number of amides is 1. The van der Waals surface area contributed by atoms with Crippen LogP contribution in [0, 0.1) is 6.92 Å². The van der Waals surface area contributed by atoms with Crippen LogP contribution in [0.1, 0.15) is 27.9 Å². The second kappa shape index (κ2) is 5.41. The molecule has 1 aliphatic rings. The number of halogens is 1. The number of carbonyl (C=O) groups is 1. The number of nitrogens with zero attached hydrogens (tertiary/aromatic N) is 1. The molecular formula is C17H17ClN2O. The van der Waals surface area contributed by atoms with E-state index in [9.17, 15) is 4.79 Å². The molecule has 1 heterocycles. The highest BCUT2D eigenvalue weighted by Gasteiger charge is 2.26. The molecule has 4 heteroatoms. The molecule has 0 unspecified atom stereocenters. The van der Waals surface area contributed by atoms with E-state index < -0.39 is 0 Å². The Morgan fingerprint density at radius 1 is 1.24 bits per heavy atom. The van der Waals surface area contributed by atoms with Gasteiger partial charge in [-0.2, -0.15) is 0 Å². The van der Waals surface area contributed by atoms with E-state index in [2.05, 4.69) is 6.07 Å². The molecule has 0 aromatic heterocycles. The molecule has 0 aliphatic carbocycles. The van der Waals surface area contributed by atoms with E-state index in [1.54, 1.807) is 18.2 Å². The monoisotopic (exact) mass is 300 g/mol. The van der Waals surface area contributed by atoms with Crippen molar-refractivity contribution in [1.82, 2.24) is 0 Å². The Hall–Kier alpha value is -2.00. The van der Waals surface area contributed by atoms with E-state index in [1.165, 1.54) is 5.56 Å². The molecule has 3 nitrogen and oxygen atoms in total. The normalized spacial score (nSPS) is 13.9. The third-order valence-electron chi connectivity index (χ3n) is 3.92. The highest BCUT2D eigenvalue weighted by Crippen LogP contribution is 2.33. The van der Waals surface area contributed by atoms with Gasteiger partial charge in [0.15, 0.2) is 0 Å². The molecule has 3 rings (SSSR count). The molecule has 108 valence electrons. The number of hydrogen-bond acceptors (Lipinski definition) is 2. The van der Waals surface area contributed by atoms with E-state index in [4.69, 9.17) is 17.3 Å². The summed E-state index contributed by atoms with van der Waals surface area (Å²) in [5.74, 6) is -0.0810. The molecule has 2 N–H and O–H groups in total. The van der Waals surface area contributed by atoms with Crippen LogP contribution in [0.2, 0.25) is 5.02 Å². The highest BCUT2D eigenvalue weighted by molar-refractivity contribution is 6.37. The topological polar surface area (TPSA) is 46.3 Å². The average Bonchev–Trinajstić information content (AvgIpc) is 2.49. The summed E-state index contributed by atoms with van der Waals surface area (Å²) in [5.41, 5.74) is 10.1. The van der Waals surface area contributed by atoms with E-state index >= 15 is 0 Å². The van der Waals surface area contributed by atoms with Gasteiger partial charge in [0.2, 0.25) is 0 Å². The zero-order valence-electron chi connectivity index (χ0n) is 11.9. The van der Waals surface area contributed by atoms with Crippen LogP contribution >= 0.6 is 11.6 Å². The van der Waals surface area contributed by atoms with E-state index in [0.29, 0.717) is 22.8 Å². The van der Waals surface area contributed by atoms with E-state index in [-0.39, 0.29) is 5.91 Å². The lowest BCUT2D eigenvalue weighted by Crippen LogP contribution is -2.36. The fraction of sp³-hybridized carbons (Fsp3) is 0.235. The highest BCUT2D eigenvalue weighted by atomic mass is 35.5. The van der Waals surface area contributed by atoms with Crippen LogP contribution in [0.25, 0.3) is 0 Å².